The van der Waals surface area contributed by atoms with Crippen LogP contribution in [0.15, 0.2) is 11.4 Å². The molecule has 4 heteroatoms. The highest BCUT2D eigenvalue weighted by Crippen LogP contribution is 2.32. The van der Waals surface area contributed by atoms with Crippen LogP contribution >= 0.6 is 23.4 Å². The van der Waals surface area contributed by atoms with E-state index >= 15 is 0 Å². The topological polar surface area (TPSA) is 25.8 Å². The van der Waals surface area contributed by atoms with Crippen molar-refractivity contribution in [2.24, 2.45) is 5.92 Å². The van der Waals surface area contributed by atoms with E-state index in [0.717, 1.165) is 22.9 Å². The van der Waals surface area contributed by atoms with E-state index in [0.29, 0.717) is 5.15 Å². The summed E-state index contributed by atoms with van der Waals surface area (Å²) in [7, 11) is 0. The van der Waals surface area contributed by atoms with Crippen molar-refractivity contribution >= 4 is 23.4 Å². The summed E-state index contributed by atoms with van der Waals surface area (Å²) in [4.78, 5) is 8.37. The Hall–Kier alpha value is -0.280. The summed E-state index contributed by atoms with van der Waals surface area (Å²) in [6, 6.07) is 0. The van der Waals surface area contributed by atoms with Gasteiger partial charge in [-0.1, -0.05) is 31.4 Å². The van der Waals surface area contributed by atoms with Gasteiger partial charge in [0, 0.05) is 11.3 Å². The largest absolute Gasteiger partial charge is 0.230 e. The van der Waals surface area contributed by atoms with Crippen molar-refractivity contribution in [2.75, 3.05) is 5.75 Å². The van der Waals surface area contributed by atoms with Crippen LogP contribution in [0.25, 0.3) is 0 Å². The smallest absolute Gasteiger partial charge is 0.136 e. The highest BCUT2D eigenvalue weighted by Gasteiger charge is 2.16. The molecule has 1 aliphatic carbocycles. The molecule has 0 spiro atoms. The first-order chi connectivity index (χ1) is 7.81. The van der Waals surface area contributed by atoms with Crippen molar-refractivity contribution in [3.05, 3.63) is 17.0 Å². The molecular formula is C12H17ClN2S. The third-order valence-electron chi connectivity index (χ3n) is 3.14. The summed E-state index contributed by atoms with van der Waals surface area (Å²) in [5.74, 6) is 2.06. The van der Waals surface area contributed by atoms with Crippen LogP contribution in [0, 0.1) is 5.92 Å². The second kappa shape index (κ2) is 5.87. The fraction of sp³-hybridized carbons (Fsp3) is 0.667. The minimum Gasteiger partial charge on any atom is -0.230 e. The molecule has 0 aliphatic heterocycles. The molecule has 1 fully saturated rings. The first-order valence-electron chi connectivity index (χ1n) is 5.93. The molecule has 88 valence electrons. The zero-order valence-corrected chi connectivity index (χ0v) is 11.2. The van der Waals surface area contributed by atoms with Gasteiger partial charge >= 0.3 is 0 Å². The van der Waals surface area contributed by atoms with Gasteiger partial charge in [0.2, 0.25) is 0 Å². The van der Waals surface area contributed by atoms with E-state index in [4.69, 9.17) is 11.6 Å². The first kappa shape index (κ1) is 12.2. The van der Waals surface area contributed by atoms with Crippen molar-refractivity contribution in [3.63, 3.8) is 0 Å². The van der Waals surface area contributed by atoms with Crippen molar-refractivity contribution in [1.29, 1.82) is 0 Å². The van der Waals surface area contributed by atoms with Gasteiger partial charge in [-0.3, -0.25) is 0 Å². The van der Waals surface area contributed by atoms with E-state index in [-0.39, 0.29) is 0 Å². The van der Waals surface area contributed by atoms with Crippen LogP contribution in [0.1, 0.15) is 38.2 Å². The van der Waals surface area contributed by atoms with Gasteiger partial charge in [0.05, 0.1) is 0 Å². The molecule has 1 aromatic rings. The van der Waals surface area contributed by atoms with Gasteiger partial charge in [0.15, 0.2) is 0 Å². The van der Waals surface area contributed by atoms with Crippen LogP contribution in [0.4, 0.5) is 0 Å². The minimum atomic E-state index is 0.617. The predicted molar refractivity (Wildman–Crippen MR) is 69.1 cm³/mol. The number of aromatic nitrogens is 2. The van der Waals surface area contributed by atoms with Crippen molar-refractivity contribution in [3.8, 4) is 0 Å². The Bertz CT molecular complexity index is 351. The van der Waals surface area contributed by atoms with Crippen LogP contribution < -0.4 is 0 Å². The number of thioether (sulfide) groups is 1. The highest BCUT2D eigenvalue weighted by atomic mass is 35.5. The fourth-order valence-electron chi connectivity index (χ4n) is 2.17. The Morgan fingerprint density at radius 2 is 2.12 bits per heavy atom. The molecular weight excluding hydrogens is 240 g/mol. The van der Waals surface area contributed by atoms with Crippen LogP contribution in [0.5, 0.6) is 0 Å². The van der Waals surface area contributed by atoms with E-state index in [1.165, 1.54) is 31.4 Å². The molecule has 0 N–H and O–H groups in total. The standard InChI is InChI=1S/C12H17ClN2S/c1-2-10-11(13)14-8-15-12(10)16-7-9-5-3-4-6-9/h8-9H,2-7H2,1H3. The van der Waals surface area contributed by atoms with Crippen LogP contribution in [-0.4, -0.2) is 15.7 Å². The zero-order valence-electron chi connectivity index (χ0n) is 9.58. The monoisotopic (exact) mass is 256 g/mol. The van der Waals surface area contributed by atoms with Gasteiger partial charge in [-0.05, 0) is 25.2 Å². The Morgan fingerprint density at radius 1 is 1.38 bits per heavy atom. The molecule has 0 atom stereocenters. The molecule has 1 saturated carbocycles. The molecule has 1 aliphatic rings. The summed E-state index contributed by atoms with van der Waals surface area (Å²) in [5.41, 5.74) is 1.10. The Kier molecular flexibility index (Phi) is 4.47. The predicted octanol–water partition coefficient (Wildman–Crippen LogP) is 3.97. The highest BCUT2D eigenvalue weighted by molar-refractivity contribution is 7.99. The fourth-order valence-corrected chi connectivity index (χ4v) is 3.76. The number of rotatable bonds is 4. The second-order valence-corrected chi connectivity index (χ2v) is 5.63. The quantitative estimate of drug-likeness (QED) is 0.602. The summed E-state index contributed by atoms with van der Waals surface area (Å²) in [6.07, 6.45) is 8.04. The van der Waals surface area contributed by atoms with Gasteiger partial charge in [-0.2, -0.15) is 0 Å². The number of hydrogen-bond acceptors (Lipinski definition) is 3. The van der Waals surface area contributed by atoms with E-state index in [2.05, 4.69) is 16.9 Å². The van der Waals surface area contributed by atoms with E-state index in [9.17, 15) is 0 Å². The molecule has 1 heterocycles. The zero-order chi connectivity index (χ0) is 11.4. The van der Waals surface area contributed by atoms with Crippen LogP contribution in [0.2, 0.25) is 5.15 Å². The van der Waals surface area contributed by atoms with Gasteiger partial charge in [0.25, 0.3) is 0 Å². The number of hydrogen-bond donors (Lipinski definition) is 0. The molecule has 0 radical (unpaired) electrons. The summed E-state index contributed by atoms with van der Waals surface area (Å²) >= 11 is 7.91. The van der Waals surface area contributed by atoms with E-state index in [1.807, 2.05) is 11.8 Å². The average molecular weight is 257 g/mol. The molecule has 16 heavy (non-hydrogen) atoms. The Morgan fingerprint density at radius 3 is 2.81 bits per heavy atom. The SMILES string of the molecule is CCc1c(Cl)ncnc1SCC1CCCC1. The van der Waals surface area contributed by atoms with E-state index in [1.54, 1.807) is 6.33 Å². The normalized spacial score (nSPS) is 16.9. The first-order valence-corrected chi connectivity index (χ1v) is 7.29. The van der Waals surface area contributed by atoms with Gasteiger partial charge < -0.3 is 0 Å². The molecule has 2 rings (SSSR count). The molecule has 1 aromatic heterocycles. The lowest BCUT2D eigenvalue weighted by molar-refractivity contribution is 0.622. The van der Waals surface area contributed by atoms with Crippen molar-refractivity contribution in [2.45, 2.75) is 44.1 Å². The second-order valence-electron chi connectivity index (χ2n) is 4.26. The molecule has 0 unspecified atom stereocenters. The summed E-state index contributed by atoms with van der Waals surface area (Å²) < 4.78 is 0. The lowest BCUT2D eigenvalue weighted by Gasteiger charge is -2.10. The molecule has 0 saturated heterocycles. The number of halogens is 1. The maximum Gasteiger partial charge on any atom is 0.136 e. The molecule has 0 aromatic carbocycles. The van der Waals surface area contributed by atoms with Gasteiger partial charge in [-0.15, -0.1) is 11.8 Å². The molecule has 0 bridgehead atoms. The van der Waals surface area contributed by atoms with Crippen molar-refractivity contribution in [1.82, 2.24) is 9.97 Å². The number of nitrogens with zero attached hydrogens (tertiary/aromatic N) is 2. The molecule has 2 nitrogen and oxygen atoms in total. The summed E-state index contributed by atoms with van der Waals surface area (Å²) in [5, 5.41) is 1.70. The van der Waals surface area contributed by atoms with Crippen LogP contribution in [-0.2, 0) is 6.42 Å². The average Bonchev–Trinajstić information content (AvgIpc) is 2.79. The van der Waals surface area contributed by atoms with E-state index < -0.39 is 0 Å². The summed E-state index contributed by atoms with van der Waals surface area (Å²) in [6.45, 7) is 2.10. The van der Waals surface area contributed by atoms with Gasteiger partial charge in [-0.25, -0.2) is 9.97 Å². The lowest BCUT2D eigenvalue weighted by Crippen LogP contribution is -2.00. The maximum atomic E-state index is 6.06. The van der Waals surface area contributed by atoms with Crippen LogP contribution in [0.3, 0.4) is 0 Å². The molecule has 0 amide bonds. The maximum absolute atomic E-state index is 6.06. The third-order valence-corrected chi connectivity index (χ3v) is 4.73. The van der Waals surface area contributed by atoms with Gasteiger partial charge in [0.1, 0.15) is 16.5 Å². The lowest BCUT2D eigenvalue weighted by atomic mass is 10.1. The Balaban J connectivity index is 2.00. The van der Waals surface area contributed by atoms with Crippen molar-refractivity contribution < 1.29 is 0 Å². The Labute approximate surface area is 106 Å². The minimum absolute atomic E-state index is 0.617. The third kappa shape index (κ3) is 2.89.